The Morgan fingerprint density at radius 1 is 1.00 bits per heavy atom. The molecule has 180 valence electrons. The minimum atomic E-state index is -0.272. The third kappa shape index (κ3) is 5.96. The molecule has 3 aromatic carbocycles. The molecular weight excluding hydrogens is 441 g/mol. The maximum atomic E-state index is 13.2. The lowest BCUT2D eigenvalue weighted by molar-refractivity contribution is 0.102. The van der Waals surface area contributed by atoms with Crippen LogP contribution in [0.2, 0.25) is 0 Å². The molecule has 6 heteroatoms. The molecule has 1 N–H and O–H groups in total. The van der Waals surface area contributed by atoms with Crippen molar-refractivity contribution in [2.45, 2.75) is 46.8 Å². The van der Waals surface area contributed by atoms with Crippen LogP contribution in [0, 0.1) is 19.7 Å². The van der Waals surface area contributed by atoms with Crippen LogP contribution in [0.1, 0.15) is 58.2 Å². The van der Waals surface area contributed by atoms with E-state index >= 15 is 0 Å². The molecule has 0 atom stereocenters. The topological polar surface area (TPSA) is 56.2 Å². The molecule has 0 fully saturated rings. The van der Waals surface area contributed by atoms with E-state index in [2.05, 4.69) is 36.4 Å². The Labute approximate surface area is 205 Å². The lowest BCUT2D eigenvalue weighted by Crippen LogP contribution is -2.14. The summed E-state index contributed by atoms with van der Waals surface area (Å²) in [5, 5.41) is 7.57. The maximum Gasteiger partial charge on any atom is 0.255 e. The van der Waals surface area contributed by atoms with Gasteiger partial charge in [-0.1, -0.05) is 50.2 Å². The van der Waals surface area contributed by atoms with Crippen LogP contribution in [-0.4, -0.2) is 15.7 Å². The zero-order chi connectivity index (χ0) is 24.9. The van der Waals surface area contributed by atoms with Gasteiger partial charge in [0.15, 0.2) is 0 Å². The molecule has 4 aromatic rings. The molecular formula is C29H30FN3O2. The van der Waals surface area contributed by atoms with Crippen molar-refractivity contribution in [2.75, 3.05) is 5.32 Å². The van der Waals surface area contributed by atoms with Gasteiger partial charge in [0.1, 0.15) is 18.2 Å². The molecule has 0 bridgehead atoms. The molecule has 1 amide bonds. The number of nitrogens with one attached hydrogen (secondary N) is 1. The van der Waals surface area contributed by atoms with Crippen LogP contribution in [0.3, 0.4) is 0 Å². The summed E-state index contributed by atoms with van der Waals surface area (Å²) in [4.78, 5) is 13.0. The Kier molecular flexibility index (Phi) is 7.30. The van der Waals surface area contributed by atoms with Crippen molar-refractivity contribution in [3.63, 3.8) is 0 Å². The fourth-order valence-corrected chi connectivity index (χ4v) is 3.90. The summed E-state index contributed by atoms with van der Waals surface area (Å²) >= 11 is 0. The number of aromatic nitrogens is 2. The molecule has 0 radical (unpaired) electrons. The van der Waals surface area contributed by atoms with Crippen molar-refractivity contribution in [2.24, 2.45) is 0 Å². The molecule has 5 nitrogen and oxygen atoms in total. The Hall–Kier alpha value is -3.93. The Morgan fingerprint density at radius 3 is 2.40 bits per heavy atom. The smallest absolute Gasteiger partial charge is 0.255 e. The van der Waals surface area contributed by atoms with Crippen molar-refractivity contribution in [1.82, 2.24) is 9.78 Å². The van der Waals surface area contributed by atoms with Gasteiger partial charge in [-0.05, 0) is 72.9 Å². The summed E-state index contributed by atoms with van der Waals surface area (Å²) in [5.41, 5.74) is 5.90. The van der Waals surface area contributed by atoms with Crippen LogP contribution in [0.4, 0.5) is 10.1 Å². The summed E-state index contributed by atoms with van der Waals surface area (Å²) in [6, 6.07) is 21.8. The number of amides is 1. The normalized spacial score (nSPS) is 11.0. The number of rotatable bonds is 8. The molecule has 1 aromatic heterocycles. The molecule has 0 saturated heterocycles. The number of aryl methyl sites for hydroxylation is 1. The van der Waals surface area contributed by atoms with Crippen molar-refractivity contribution in [1.29, 1.82) is 0 Å². The summed E-state index contributed by atoms with van der Waals surface area (Å²) in [6.07, 6.45) is 0. The average Bonchev–Trinajstić information content (AvgIpc) is 3.11. The van der Waals surface area contributed by atoms with Crippen LogP contribution in [0.5, 0.6) is 5.75 Å². The van der Waals surface area contributed by atoms with Crippen molar-refractivity contribution in [3.8, 4) is 5.75 Å². The molecule has 1 heterocycles. The maximum absolute atomic E-state index is 13.2. The van der Waals surface area contributed by atoms with Gasteiger partial charge in [-0.15, -0.1) is 0 Å². The first-order chi connectivity index (χ1) is 16.8. The fourth-order valence-electron chi connectivity index (χ4n) is 3.90. The first kappa shape index (κ1) is 24.2. The number of carbonyl (C=O) groups excluding carboxylic acids is 1. The minimum absolute atomic E-state index is 0.208. The highest BCUT2D eigenvalue weighted by molar-refractivity contribution is 6.05. The number of halogens is 1. The first-order valence-electron chi connectivity index (χ1n) is 11.7. The molecule has 0 aliphatic carbocycles. The third-order valence-corrected chi connectivity index (χ3v) is 6.01. The van der Waals surface area contributed by atoms with Crippen LogP contribution < -0.4 is 10.1 Å². The van der Waals surface area contributed by atoms with E-state index in [0.29, 0.717) is 30.3 Å². The third-order valence-electron chi connectivity index (χ3n) is 6.01. The molecule has 0 saturated carbocycles. The summed E-state index contributed by atoms with van der Waals surface area (Å²) < 4.78 is 20.9. The lowest BCUT2D eigenvalue weighted by atomic mass is 10.0. The number of hydrogen-bond donors (Lipinski definition) is 1. The van der Waals surface area contributed by atoms with E-state index in [1.54, 1.807) is 18.2 Å². The number of anilines is 1. The highest BCUT2D eigenvalue weighted by Gasteiger charge is 2.16. The largest absolute Gasteiger partial charge is 0.489 e. The van der Waals surface area contributed by atoms with Crippen molar-refractivity contribution < 1.29 is 13.9 Å². The van der Waals surface area contributed by atoms with Gasteiger partial charge in [0, 0.05) is 5.56 Å². The molecule has 0 aliphatic heterocycles. The van der Waals surface area contributed by atoms with Crippen LogP contribution in [-0.2, 0) is 13.2 Å². The van der Waals surface area contributed by atoms with Crippen LogP contribution >= 0.6 is 0 Å². The number of nitrogens with zero attached hydrogens (tertiary/aromatic N) is 2. The van der Waals surface area contributed by atoms with Gasteiger partial charge >= 0.3 is 0 Å². The SMILES string of the molecule is Cc1nn(Cc2ccc(F)cc2)c(C)c1NC(=O)c1cccc(COc2ccc(C(C)C)cc2)c1. The number of ether oxygens (including phenoxy) is 1. The fraction of sp³-hybridized carbons (Fsp3) is 0.241. The minimum Gasteiger partial charge on any atom is -0.489 e. The highest BCUT2D eigenvalue weighted by atomic mass is 19.1. The molecule has 4 rings (SSSR count). The van der Waals surface area contributed by atoms with E-state index in [1.807, 2.05) is 48.9 Å². The lowest BCUT2D eigenvalue weighted by Gasteiger charge is -2.11. The van der Waals surface area contributed by atoms with Crippen molar-refractivity contribution >= 4 is 11.6 Å². The van der Waals surface area contributed by atoms with E-state index in [0.717, 1.165) is 28.3 Å². The molecule has 0 spiro atoms. The van der Waals surface area contributed by atoms with E-state index in [-0.39, 0.29) is 11.7 Å². The second kappa shape index (κ2) is 10.6. The standard InChI is InChI=1S/C29H30FN3O2/c1-19(2)24-10-14-27(15-11-24)35-18-23-6-5-7-25(16-23)29(34)31-28-20(3)32-33(21(28)4)17-22-8-12-26(30)13-9-22/h5-16,19H,17-18H2,1-4H3,(H,31,34). The predicted molar refractivity (Wildman–Crippen MR) is 136 cm³/mol. The average molecular weight is 472 g/mol. The summed E-state index contributed by atoms with van der Waals surface area (Å²) in [6.45, 7) is 8.95. The Morgan fingerprint density at radius 2 is 1.71 bits per heavy atom. The van der Waals surface area contributed by atoms with Gasteiger partial charge in [0.2, 0.25) is 0 Å². The van der Waals surface area contributed by atoms with Gasteiger partial charge in [-0.3, -0.25) is 9.48 Å². The molecule has 35 heavy (non-hydrogen) atoms. The number of hydrogen-bond acceptors (Lipinski definition) is 3. The van der Waals surface area contributed by atoms with Crippen LogP contribution in [0.25, 0.3) is 0 Å². The van der Waals surface area contributed by atoms with E-state index in [1.165, 1.54) is 17.7 Å². The van der Waals surface area contributed by atoms with E-state index in [4.69, 9.17) is 4.74 Å². The quantitative estimate of drug-likeness (QED) is 0.313. The van der Waals surface area contributed by atoms with E-state index < -0.39 is 0 Å². The van der Waals surface area contributed by atoms with Gasteiger partial charge in [-0.2, -0.15) is 5.10 Å². The molecule has 0 aliphatic rings. The zero-order valence-electron chi connectivity index (χ0n) is 20.5. The highest BCUT2D eigenvalue weighted by Crippen LogP contribution is 2.23. The van der Waals surface area contributed by atoms with Gasteiger partial charge in [0.25, 0.3) is 5.91 Å². The summed E-state index contributed by atoms with van der Waals surface area (Å²) in [5.74, 6) is 0.790. The van der Waals surface area contributed by atoms with Crippen molar-refractivity contribution in [3.05, 3.63) is 112 Å². The Bertz CT molecular complexity index is 1310. The predicted octanol–water partition coefficient (Wildman–Crippen LogP) is 6.64. The number of carbonyl (C=O) groups is 1. The zero-order valence-corrected chi connectivity index (χ0v) is 20.5. The van der Waals surface area contributed by atoms with Gasteiger partial charge in [-0.25, -0.2) is 4.39 Å². The number of benzene rings is 3. The van der Waals surface area contributed by atoms with E-state index in [9.17, 15) is 9.18 Å². The molecule has 0 unspecified atom stereocenters. The Balaban J connectivity index is 1.42. The summed E-state index contributed by atoms with van der Waals surface area (Å²) in [7, 11) is 0. The first-order valence-corrected chi connectivity index (χ1v) is 11.7. The van der Waals surface area contributed by atoms with Gasteiger partial charge < -0.3 is 10.1 Å². The van der Waals surface area contributed by atoms with Gasteiger partial charge in [0.05, 0.1) is 23.6 Å². The monoisotopic (exact) mass is 471 g/mol. The van der Waals surface area contributed by atoms with Crippen LogP contribution in [0.15, 0.2) is 72.8 Å². The second-order valence-corrected chi connectivity index (χ2v) is 9.00. The second-order valence-electron chi connectivity index (χ2n) is 9.00.